The molecule has 0 aromatic heterocycles. The summed E-state index contributed by atoms with van der Waals surface area (Å²) < 4.78 is 0. The molecule has 1 atom stereocenters. The Morgan fingerprint density at radius 3 is 2.35 bits per heavy atom. The Balaban J connectivity index is 2.17. The molecule has 2 heteroatoms. The van der Waals surface area contributed by atoms with E-state index >= 15 is 0 Å². The highest BCUT2D eigenvalue weighted by Crippen LogP contribution is 2.24. The normalized spacial score (nSPS) is 20.8. The number of nitrogens with one attached hydrogen (secondary N) is 1. The Hall–Kier alpha value is -0.0800. The second-order valence-corrected chi connectivity index (χ2v) is 6.86. The van der Waals surface area contributed by atoms with E-state index in [0.717, 1.165) is 5.92 Å². The molecule has 0 aliphatic carbocycles. The van der Waals surface area contributed by atoms with E-state index in [9.17, 15) is 0 Å². The van der Waals surface area contributed by atoms with Gasteiger partial charge < -0.3 is 10.2 Å². The van der Waals surface area contributed by atoms with Crippen LogP contribution in [0.3, 0.4) is 0 Å². The van der Waals surface area contributed by atoms with E-state index in [-0.39, 0.29) is 0 Å². The second kappa shape index (κ2) is 6.75. The third kappa shape index (κ3) is 5.39. The number of hydrogen-bond acceptors (Lipinski definition) is 2. The zero-order valence-corrected chi connectivity index (χ0v) is 12.6. The molecule has 102 valence electrons. The molecule has 0 amide bonds. The Morgan fingerprint density at radius 2 is 1.82 bits per heavy atom. The molecule has 1 rings (SSSR count). The van der Waals surface area contributed by atoms with Crippen molar-refractivity contribution in [2.75, 3.05) is 26.7 Å². The lowest BCUT2D eigenvalue weighted by Crippen LogP contribution is -2.40. The van der Waals surface area contributed by atoms with Gasteiger partial charge in [0.1, 0.15) is 0 Å². The van der Waals surface area contributed by atoms with E-state index in [1.165, 1.54) is 45.3 Å². The Bertz CT molecular complexity index is 201. The molecule has 1 N–H and O–H groups in total. The highest BCUT2D eigenvalue weighted by molar-refractivity contribution is 4.77. The van der Waals surface area contributed by atoms with E-state index in [1.807, 2.05) is 0 Å². The monoisotopic (exact) mass is 240 g/mol. The van der Waals surface area contributed by atoms with Gasteiger partial charge in [-0.3, -0.25) is 0 Å². The SMILES string of the molecule is CC(N(C)CCCC1CCNCC1)C(C)(C)C. The second-order valence-electron chi connectivity index (χ2n) is 6.86. The molecular weight excluding hydrogens is 208 g/mol. The molecule has 1 heterocycles. The highest BCUT2D eigenvalue weighted by atomic mass is 15.1. The van der Waals surface area contributed by atoms with Gasteiger partial charge in [-0.2, -0.15) is 0 Å². The maximum absolute atomic E-state index is 3.44. The van der Waals surface area contributed by atoms with Crippen LogP contribution in [0.4, 0.5) is 0 Å². The average Bonchev–Trinajstić information content (AvgIpc) is 2.28. The van der Waals surface area contributed by atoms with Crippen LogP contribution in [-0.2, 0) is 0 Å². The topological polar surface area (TPSA) is 15.3 Å². The van der Waals surface area contributed by atoms with Gasteiger partial charge in [0.05, 0.1) is 0 Å². The minimum absolute atomic E-state index is 0.392. The molecule has 1 saturated heterocycles. The van der Waals surface area contributed by atoms with Gasteiger partial charge in [-0.15, -0.1) is 0 Å². The molecule has 1 fully saturated rings. The fourth-order valence-electron chi connectivity index (χ4n) is 2.65. The van der Waals surface area contributed by atoms with Crippen LogP contribution >= 0.6 is 0 Å². The Labute approximate surface area is 108 Å². The maximum atomic E-state index is 3.44. The van der Waals surface area contributed by atoms with Gasteiger partial charge in [0.2, 0.25) is 0 Å². The van der Waals surface area contributed by atoms with Crippen molar-refractivity contribution < 1.29 is 0 Å². The van der Waals surface area contributed by atoms with Crippen LogP contribution in [0.5, 0.6) is 0 Å². The minimum atomic E-state index is 0.392. The third-order valence-electron chi connectivity index (χ3n) is 4.50. The molecule has 1 aliphatic rings. The average molecular weight is 240 g/mol. The quantitative estimate of drug-likeness (QED) is 0.794. The van der Waals surface area contributed by atoms with Gasteiger partial charge in [0, 0.05) is 6.04 Å². The summed E-state index contributed by atoms with van der Waals surface area (Å²) in [6.07, 6.45) is 5.56. The van der Waals surface area contributed by atoms with Gasteiger partial charge in [-0.05, 0) is 70.6 Å². The van der Waals surface area contributed by atoms with Crippen LogP contribution in [0.15, 0.2) is 0 Å². The smallest absolute Gasteiger partial charge is 0.0112 e. The molecule has 0 radical (unpaired) electrons. The summed E-state index contributed by atoms with van der Waals surface area (Å²) in [6.45, 7) is 13.1. The van der Waals surface area contributed by atoms with Crippen molar-refractivity contribution in [2.45, 2.75) is 59.4 Å². The number of rotatable bonds is 5. The van der Waals surface area contributed by atoms with Gasteiger partial charge in [0.25, 0.3) is 0 Å². The van der Waals surface area contributed by atoms with Crippen LogP contribution in [0, 0.1) is 11.3 Å². The first kappa shape index (κ1) is 15.0. The minimum Gasteiger partial charge on any atom is -0.317 e. The molecule has 1 aliphatic heterocycles. The Morgan fingerprint density at radius 1 is 1.24 bits per heavy atom. The highest BCUT2D eigenvalue weighted by Gasteiger charge is 2.23. The first-order chi connectivity index (χ1) is 7.91. The predicted octanol–water partition coefficient (Wildman–Crippen LogP) is 3.13. The summed E-state index contributed by atoms with van der Waals surface area (Å²) >= 11 is 0. The van der Waals surface area contributed by atoms with Crippen molar-refractivity contribution in [2.24, 2.45) is 11.3 Å². The lowest BCUT2D eigenvalue weighted by Gasteiger charge is -2.35. The van der Waals surface area contributed by atoms with Gasteiger partial charge >= 0.3 is 0 Å². The summed E-state index contributed by atoms with van der Waals surface area (Å²) in [5.41, 5.74) is 0.392. The van der Waals surface area contributed by atoms with Crippen molar-refractivity contribution >= 4 is 0 Å². The van der Waals surface area contributed by atoms with E-state index < -0.39 is 0 Å². The van der Waals surface area contributed by atoms with Crippen LogP contribution in [0.25, 0.3) is 0 Å². The lowest BCUT2D eigenvalue weighted by atomic mass is 9.87. The first-order valence-corrected chi connectivity index (χ1v) is 7.32. The summed E-state index contributed by atoms with van der Waals surface area (Å²) in [6, 6.07) is 0.663. The lowest BCUT2D eigenvalue weighted by molar-refractivity contribution is 0.136. The van der Waals surface area contributed by atoms with Gasteiger partial charge in [-0.25, -0.2) is 0 Å². The predicted molar refractivity (Wildman–Crippen MR) is 76.4 cm³/mol. The van der Waals surface area contributed by atoms with Crippen LogP contribution in [0.2, 0.25) is 0 Å². The van der Waals surface area contributed by atoms with Gasteiger partial charge in [0.15, 0.2) is 0 Å². The van der Waals surface area contributed by atoms with Crippen molar-refractivity contribution in [3.8, 4) is 0 Å². The van der Waals surface area contributed by atoms with E-state index in [2.05, 4.69) is 45.0 Å². The molecule has 0 aromatic rings. The van der Waals surface area contributed by atoms with Crippen molar-refractivity contribution in [3.63, 3.8) is 0 Å². The zero-order valence-electron chi connectivity index (χ0n) is 12.6. The fourth-order valence-corrected chi connectivity index (χ4v) is 2.65. The van der Waals surface area contributed by atoms with Crippen LogP contribution in [-0.4, -0.2) is 37.6 Å². The summed E-state index contributed by atoms with van der Waals surface area (Å²) in [5, 5.41) is 3.44. The van der Waals surface area contributed by atoms with Gasteiger partial charge in [-0.1, -0.05) is 20.8 Å². The van der Waals surface area contributed by atoms with E-state index in [4.69, 9.17) is 0 Å². The molecule has 0 saturated carbocycles. The molecule has 1 unspecified atom stereocenters. The summed E-state index contributed by atoms with van der Waals surface area (Å²) in [7, 11) is 2.28. The molecule has 2 nitrogen and oxygen atoms in total. The Kier molecular flexibility index (Phi) is 5.94. The van der Waals surface area contributed by atoms with E-state index in [0.29, 0.717) is 11.5 Å². The van der Waals surface area contributed by atoms with Crippen molar-refractivity contribution in [1.82, 2.24) is 10.2 Å². The zero-order chi connectivity index (χ0) is 12.9. The largest absolute Gasteiger partial charge is 0.317 e. The van der Waals surface area contributed by atoms with Crippen LogP contribution in [0.1, 0.15) is 53.4 Å². The molecule has 0 spiro atoms. The summed E-state index contributed by atoms with van der Waals surface area (Å²) in [5.74, 6) is 0.981. The fraction of sp³-hybridized carbons (Fsp3) is 1.00. The molecule has 0 aromatic carbocycles. The molecule has 17 heavy (non-hydrogen) atoms. The van der Waals surface area contributed by atoms with E-state index in [1.54, 1.807) is 0 Å². The standard InChI is InChI=1S/C15H32N2/c1-13(15(2,3)4)17(5)12-6-7-14-8-10-16-11-9-14/h13-14,16H,6-12H2,1-5H3. The summed E-state index contributed by atoms with van der Waals surface area (Å²) in [4.78, 5) is 2.53. The number of piperidine rings is 1. The number of nitrogens with zero attached hydrogens (tertiary/aromatic N) is 1. The first-order valence-electron chi connectivity index (χ1n) is 7.32. The van der Waals surface area contributed by atoms with Crippen molar-refractivity contribution in [1.29, 1.82) is 0 Å². The van der Waals surface area contributed by atoms with Crippen LogP contribution < -0.4 is 5.32 Å². The molecular formula is C15H32N2. The molecule has 0 bridgehead atoms. The maximum Gasteiger partial charge on any atom is 0.0112 e. The number of hydrogen-bond donors (Lipinski definition) is 1. The van der Waals surface area contributed by atoms with Crippen molar-refractivity contribution in [3.05, 3.63) is 0 Å². The third-order valence-corrected chi connectivity index (χ3v) is 4.50.